The van der Waals surface area contributed by atoms with Crippen LogP contribution in [0.15, 0.2) is 0 Å². The average molecular weight is 429 g/mol. The second-order valence-electron chi connectivity index (χ2n) is 5.65. The number of carbonyl (C=O) groups is 4. The molecule has 0 aliphatic heterocycles. The van der Waals surface area contributed by atoms with Gasteiger partial charge >= 0.3 is 12.2 Å². The Morgan fingerprint density at radius 3 is 1.28 bits per heavy atom. The first kappa shape index (κ1) is 24.2. The van der Waals surface area contributed by atoms with Gasteiger partial charge in [0.25, 0.3) is 11.8 Å². The zero-order chi connectivity index (χ0) is 22.1. The number of carbonyl (C=O) groups excluding carboxylic acids is 4. The number of hydrogen-bond acceptors (Lipinski definition) is 7. The van der Waals surface area contributed by atoms with Crippen molar-refractivity contribution in [3.8, 4) is 11.5 Å². The van der Waals surface area contributed by atoms with Crippen LogP contribution in [0.5, 0.6) is 11.5 Å². The summed E-state index contributed by atoms with van der Waals surface area (Å²) >= 11 is 0.833. The second kappa shape index (κ2) is 11.2. The molecule has 0 unspecified atom stereocenters. The monoisotopic (exact) mass is 428 g/mol. The topological polar surface area (TPSA) is 117 Å². The van der Waals surface area contributed by atoms with Crippen molar-refractivity contribution in [2.45, 2.75) is 27.7 Å². The molecule has 0 aliphatic rings. The third kappa shape index (κ3) is 5.59. The molecule has 0 spiro atoms. The maximum absolute atomic E-state index is 13.0. The van der Waals surface area contributed by atoms with Gasteiger partial charge in [0, 0.05) is 40.3 Å². The van der Waals surface area contributed by atoms with Crippen LogP contribution >= 0.6 is 11.3 Å². The molecule has 0 radical (unpaired) electrons. The number of amides is 4. The minimum absolute atomic E-state index is 0.00621. The summed E-state index contributed by atoms with van der Waals surface area (Å²) in [6.45, 7) is 8.87. The molecular weight excluding hydrogens is 400 g/mol. The molecule has 162 valence electrons. The Morgan fingerprint density at radius 1 is 0.724 bits per heavy atom. The lowest BCUT2D eigenvalue weighted by molar-refractivity contribution is 0.0766. The highest BCUT2D eigenvalue weighted by molar-refractivity contribution is 7.16. The summed E-state index contributed by atoms with van der Waals surface area (Å²) in [5.74, 6) is -1.38. The largest absolute Gasteiger partial charge is 0.412 e. The smallest absolute Gasteiger partial charge is 0.405 e. The van der Waals surface area contributed by atoms with Gasteiger partial charge < -0.3 is 29.9 Å². The van der Waals surface area contributed by atoms with E-state index in [-0.39, 0.29) is 21.3 Å². The zero-order valence-corrected chi connectivity index (χ0v) is 18.4. The molecule has 29 heavy (non-hydrogen) atoms. The summed E-state index contributed by atoms with van der Waals surface area (Å²) in [5, 5.41) is 4.56. The van der Waals surface area contributed by atoms with Crippen LogP contribution in [0.1, 0.15) is 47.0 Å². The van der Waals surface area contributed by atoms with E-state index in [1.807, 2.05) is 0 Å². The number of rotatable bonds is 8. The van der Waals surface area contributed by atoms with Crippen molar-refractivity contribution in [2.24, 2.45) is 0 Å². The SMILES string of the molecule is CCN(CC)C(=O)c1sc(C(=O)N(CC)CC)c(OC(=O)NC)c1OC(=O)NC. The minimum Gasteiger partial charge on any atom is -0.405 e. The van der Waals surface area contributed by atoms with E-state index in [0.717, 1.165) is 11.3 Å². The summed E-state index contributed by atoms with van der Waals surface area (Å²) in [6.07, 6.45) is -1.72. The predicted octanol–water partition coefficient (Wildman–Crippen LogP) is 2.15. The Morgan fingerprint density at radius 2 is 1.03 bits per heavy atom. The molecule has 0 bridgehead atoms. The van der Waals surface area contributed by atoms with Crippen LogP contribution in [0, 0.1) is 0 Å². The van der Waals surface area contributed by atoms with Crippen LogP contribution in [0.25, 0.3) is 0 Å². The van der Waals surface area contributed by atoms with Crippen LogP contribution < -0.4 is 20.1 Å². The third-order valence-corrected chi connectivity index (χ3v) is 5.24. The lowest BCUT2D eigenvalue weighted by Gasteiger charge is -2.18. The van der Waals surface area contributed by atoms with Crippen molar-refractivity contribution in [1.82, 2.24) is 20.4 Å². The van der Waals surface area contributed by atoms with Crippen molar-refractivity contribution in [3.05, 3.63) is 9.75 Å². The Kier molecular flexibility index (Phi) is 9.39. The fourth-order valence-corrected chi connectivity index (χ4v) is 3.56. The lowest BCUT2D eigenvalue weighted by Crippen LogP contribution is -2.31. The number of nitrogens with zero attached hydrogens (tertiary/aromatic N) is 2. The average Bonchev–Trinajstić information content (AvgIpc) is 3.07. The Bertz CT molecular complexity index is 695. The van der Waals surface area contributed by atoms with Crippen LogP contribution in [0.4, 0.5) is 9.59 Å². The highest BCUT2D eigenvalue weighted by atomic mass is 32.1. The number of hydrogen-bond donors (Lipinski definition) is 2. The van der Waals surface area contributed by atoms with E-state index < -0.39 is 24.0 Å². The number of thiophene rings is 1. The fourth-order valence-electron chi connectivity index (χ4n) is 2.46. The summed E-state index contributed by atoms with van der Waals surface area (Å²) in [5.41, 5.74) is 0. The molecule has 11 heteroatoms. The molecule has 0 aliphatic carbocycles. The highest BCUT2D eigenvalue weighted by Gasteiger charge is 2.34. The highest BCUT2D eigenvalue weighted by Crippen LogP contribution is 2.44. The van der Waals surface area contributed by atoms with Gasteiger partial charge in [0.1, 0.15) is 9.75 Å². The molecule has 1 aromatic rings. The Hall–Kier alpha value is -2.82. The third-order valence-electron chi connectivity index (χ3n) is 4.11. The summed E-state index contributed by atoms with van der Waals surface area (Å²) < 4.78 is 10.5. The second-order valence-corrected chi connectivity index (χ2v) is 6.67. The van der Waals surface area contributed by atoms with Gasteiger partial charge in [0.2, 0.25) is 0 Å². The van der Waals surface area contributed by atoms with Crippen LogP contribution in [-0.4, -0.2) is 74.1 Å². The Labute approximate surface area is 174 Å². The van der Waals surface area contributed by atoms with E-state index in [4.69, 9.17) is 9.47 Å². The van der Waals surface area contributed by atoms with Crippen molar-refractivity contribution in [1.29, 1.82) is 0 Å². The first-order chi connectivity index (χ1) is 13.8. The van der Waals surface area contributed by atoms with Crippen molar-refractivity contribution in [2.75, 3.05) is 40.3 Å². The molecule has 10 nitrogen and oxygen atoms in total. The molecule has 1 rings (SSSR count). The van der Waals surface area contributed by atoms with Crippen LogP contribution in [-0.2, 0) is 0 Å². The van der Waals surface area contributed by atoms with Crippen LogP contribution in [0.3, 0.4) is 0 Å². The molecule has 1 aromatic heterocycles. The first-order valence-electron chi connectivity index (χ1n) is 9.33. The fraction of sp³-hybridized carbons (Fsp3) is 0.556. The summed E-state index contributed by atoms with van der Waals surface area (Å²) in [6, 6.07) is 0. The Balaban J connectivity index is 3.70. The minimum atomic E-state index is -0.861. The van der Waals surface area contributed by atoms with Crippen molar-refractivity contribution in [3.63, 3.8) is 0 Å². The molecule has 0 fully saturated rings. The van der Waals surface area contributed by atoms with E-state index in [1.54, 1.807) is 27.7 Å². The summed E-state index contributed by atoms with van der Waals surface area (Å²) in [7, 11) is 2.70. The van der Waals surface area contributed by atoms with E-state index in [9.17, 15) is 19.2 Å². The van der Waals surface area contributed by atoms with E-state index >= 15 is 0 Å². The van der Waals surface area contributed by atoms with Gasteiger partial charge in [-0.3, -0.25) is 9.59 Å². The molecule has 1 heterocycles. The molecule has 2 N–H and O–H groups in total. The lowest BCUT2D eigenvalue weighted by atomic mass is 10.3. The van der Waals surface area contributed by atoms with Crippen molar-refractivity contribution >= 4 is 35.3 Å². The normalized spacial score (nSPS) is 10.1. The zero-order valence-electron chi connectivity index (χ0n) is 17.6. The molecular formula is C18H28N4O6S. The van der Waals surface area contributed by atoms with Gasteiger partial charge in [0.05, 0.1) is 0 Å². The standard InChI is InChI=1S/C18H28N4O6S/c1-7-21(8-2)15(23)13-11(27-17(25)19-5)12(28-18(26)20-6)14(29-13)16(24)22(9-3)10-4/h7-10H2,1-6H3,(H,19,25)(H,20,26). The van der Waals surface area contributed by atoms with E-state index in [2.05, 4.69) is 10.6 Å². The first-order valence-corrected chi connectivity index (χ1v) is 10.1. The van der Waals surface area contributed by atoms with Gasteiger partial charge in [0.15, 0.2) is 11.5 Å². The van der Waals surface area contributed by atoms with Gasteiger partial charge in [-0.15, -0.1) is 11.3 Å². The quantitative estimate of drug-likeness (QED) is 0.655. The van der Waals surface area contributed by atoms with Crippen LogP contribution in [0.2, 0.25) is 0 Å². The molecule has 0 aromatic carbocycles. The van der Waals surface area contributed by atoms with E-state index in [1.165, 1.54) is 23.9 Å². The molecule has 4 amide bonds. The van der Waals surface area contributed by atoms with Gasteiger partial charge in [-0.2, -0.15) is 0 Å². The van der Waals surface area contributed by atoms with Gasteiger partial charge in [-0.25, -0.2) is 9.59 Å². The predicted molar refractivity (Wildman–Crippen MR) is 109 cm³/mol. The molecule has 0 atom stereocenters. The molecule has 0 saturated carbocycles. The van der Waals surface area contributed by atoms with E-state index in [0.29, 0.717) is 26.2 Å². The maximum atomic E-state index is 13.0. The van der Waals surface area contributed by atoms with Crippen molar-refractivity contribution < 1.29 is 28.7 Å². The van der Waals surface area contributed by atoms with Gasteiger partial charge in [-0.1, -0.05) is 0 Å². The number of ether oxygens (including phenoxy) is 2. The van der Waals surface area contributed by atoms with Gasteiger partial charge in [-0.05, 0) is 27.7 Å². The maximum Gasteiger partial charge on any atom is 0.412 e. The molecule has 0 saturated heterocycles. The number of nitrogens with one attached hydrogen (secondary N) is 2. The summed E-state index contributed by atoms with van der Waals surface area (Å²) in [4.78, 5) is 52.8.